The van der Waals surface area contributed by atoms with E-state index in [1.807, 2.05) is 0 Å². The molecule has 1 amide bonds. The van der Waals surface area contributed by atoms with Crippen LogP contribution in [-0.2, 0) is 11.3 Å². The SMILES string of the molecule is Cc1nc([N+](=O)[O-])cn1CCC(=O)Nc1ccccc1[N+](=O)[O-]. The fourth-order valence-corrected chi connectivity index (χ4v) is 1.98. The Kier molecular flexibility index (Phi) is 4.64. The number of amides is 1. The predicted molar refractivity (Wildman–Crippen MR) is 80.0 cm³/mol. The Bertz CT molecular complexity index is 770. The smallest absolute Gasteiger partial charge is 0.358 e. The summed E-state index contributed by atoms with van der Waals surface area (Å²) in [5.41, 5.74) is -0.0915. The molecule has 10 heteroatoms. The maximum Gasteiger partial charge on any atom is 0.381 e. The van der Waals surface area contributed by atoms with E-state index >= 15 is 0 Å². The fourth-order valence-electron chi connectivity index (χ4n) is 1.98. The second kappa shape index (κ2) is 6.64. The van der Waals surface area contributed by atoms with Crippen LogP contribution in [0, 0.1) is 27.2 Å². The summed E-state index contributed by atoms with van der Waals surface area (Å²) in [5, 5.41) is 24.0. The minimum atomic E-state index is -0.614. The summed E-state index contributed by atoms with van der Waals surface area (Å²) in [4.78, 5) is 36.0. The number of nitrogens with zero attached hydrogens (tertiary/aromatic N) is 4. The van der Waals surface area contributed by atoms with E-state index in [4.69, 9.17) is 0 Å². The Morgan fingerprint density at radius 3 is 2.57 bits per heavy atom. The van der Waals surface area contributed by atoms with Crippen molar-refractivity contribution in [3.63, 3.8) is 0 Å². The zero-order valence-electron chi connectivity index (χ0n) is 12.1. The van der Waals surface area contributed by atoms with Crippen molar-refractivity contribution in [1.82, 2.24) is 9.55 Å². The lowest BCUT2D eigenvalue weighted by molar-refractivity contribution is -0.389. The second-order valence-electron chi connectivity index (χ2n) is 4.67. The third kappa shape index (κ3) is 3.87. The largest absolute Gasteiger partial charge is 0.381 e. The van der Waals surface area contributed by atoms with Crippen LogP contribution >= 0.6 is 0 Å². The number of para-hydroxylation sites is 2. The van der Waals surface area contributed by atoms with Gasteiger partial charge in [0.1, 0.15) is 11.9 Å². The molecule has 120 valence electrons. The Hall–Kier alpha value is -3.30. The van der Waals surface area contributed by atoms with Gasteiger partial charge in [-0.2, -0.15) is 0 Å². The fraction of sp³-hybridized carbons (Fsp3) is 0.231. The first-order valence-corrected chi connectivity index (χ1v) is 6.60. The third-order valence-electron chi connectivity index (χ3n) is 3.10. The minimum Gasteiger partial charge on any atom is -0.358 e. The summed E-state index contributed by atoms with van der Waals surface area (Å²) in [6.45, 7) is 1.77. The number of nitro groups is 2. The molecular weight excluding hydrogens is 306 g/mol. The summed E-state index contributed by atoms with van der Waals surface area (Å²) in [6, 6.07) is 5.80. The normalized spacial score (nSPS) is 10.3. The van der Waals surface area contributed by atoms with Gasteiger partial charge in [0.25, 0.3) is 5.69 Å². The van der Waals surface area contributed by atoms with E-state index in [1.165, 1.54) is 29.0 Å². The summed E-state index contributed by atoms with van der Waals surface area (Å²) >= 11 is 0. The van der Waals surface area contributed by atoms with Gasteiger partial charge in [0.2, 0.25) is 11.7 Å². The van der Waals surface area contributed by atoms with Crippen LogP contribution in [0.5, 0.6) is 0 Å². The van der Waals surface area contributed by atoms with E-state index in [2.05, 4.69) is 10.3 Å². The highest BCUT2D eigenvalue weighted by Crippen LogP contribution is 2.23. The number of imidazole rings is 1. The number of rotatable bonds is 6. The minimum absolute atomic E-state index is 0.000400. The van der Waals surface area contributed by atoms with Gasteiger partial charge in [-0.1, -0.05) is 12.1 Å². The molecule has 1 heterocycles. The molecule has 2 rings (SSSR count). The molecule has 10 nitrogen and oxygen atoms in total. The van der Waals surface area contributed by atoms with Crippen molar-refractivity contribution >= 4 is 23.1 Å². The van der Waals surface area contributed by atoms with Gasteiger partial charge >= 0.3 is 5.82 Å². The highest BCUT2D eigenvalue weighted by molar-refractivity contribution is 5.92. The summed E-state index contributed by atoms with van der Waals surface area (Å²) in [6.07, 6.45) is 1.24. The van der Waals surface area contributed by atoms with Gasteiger partial charge in [-0.05, 0) is 16.0 Å². The van der Waals surface area contributed by atoms with Crippen molar-refractivity contribution in [3.8, 4) is 0 Å². The number of nitro benzene ring substituents is 1. The second-order valence-corrected chi connectivity index (χ2v) is 4.67. The molecule has 0 aliphatic carbocycles. The number of nitrogens with one attached hydrogen (secondary N) is 1. The Balaban J connectivity index is 2.01. The average Bonchev–Trinajstić information content (AvgIpc) is 2.87. The summed E-state index contributed by atoms with van der Waals surface area (Å²) in [7, 11) is 0. The molecule has 0 aliphatic heterocycles. The molecule has 23 heavy (non-hydrogen) atoms. The van der Waals surface area contributed by atoms with Crippen molar-refractivity contribution in [3.05, 3.63) is 56.5 Å². The lowest BCUT2D eigenvalue weighted by Gasteiger charge is -2.06. The number of anilines is 1. The Morgan fingerprint density at radius 2 is 1.96 bits per heavy atom. The topological polar surface area (TPSA) is 133 Å². The Morgan fingerprint density at radius 1 is 1.26 bits per heavy atom. The molecule has 1 N–H and O–H groups in total. The maximum atomic E-state index is 11.9. The first-order valence-electron chi connectivity index (χ1n) is 6.60. The monoisotopic (exact) mass is 319 g/mol. The van der Waals surface area contributed by atoms with Crippen LogP contribution < -0.4 is 5.32 Å². The standard InChI is InChI=1S/C13H13N5O5/c1-9-14-12(18(22)23)8-16(9)7-6-13(19)15-10-4-2-3-5-11(10)17(20)21/h2-5,8H,6-7H2,1H3,(H,15,19). The van der Waals surface area contributed by atoms with Crippen LogP contribution in [0.2, 0.25) is 0 Å². The number of benzene rings is 1. The van der Waals surface area contributed by atoms with Crippen LogP contribution in [-0.4, -0.2) is 25.3 Å². The molecule has 0 fully saturated rings. The van der Waals surface area contributed by atoms with Gasteiger partial charge in [0.15, 0.2) is 0 Å². The summed E-state index contributed by atoms with van der Waals surface area (Å²) < 4.78 is 1.48. The number of hydrogen-bond donors (Lipinski definition) is 1. The van der Waals surface area contributed by atoms with Gasteiger partial charge < -0.3 is 20.0 Å². The number of aryl methyl sites for hydroxylation is 2. The lowest BCUT2D eigenvalue weighted by Crippen LogP contribution is -2.15. The maximum absolute atomic E-state index is 11.9. The lowest BCUT2D eigenvalue weighted by atomic mass is 10.2. The van der Waals surface area contributed by atoms with E-state index < -0.39 is 15.8 Å². The molecule has 2 aromatic rings. The van der Waals surface area contributed by atoms with Crippen LogP contribution in [0.4, 0.5) is 17.2 Å². The van der Waals surface area contributed by atoms with Gasteiger partial charge in [-0.3, -0.25) is 14.9 Å². The number of carbonyl (C=O) groups excluding carboxylic acids is 1. The van der Waals surface area contributed by atoms with Gasteiger partial charge in [0.05, 0.1) is 4.92 Å². The van der Waals surface area contributed by atoms with Crippen LogP contribution in [0.25, 0.3) is 0 Å². The van der Waals surface area contributed by atoms with E-state index in [1.54, 1.807) is 13.0 Å². The van der Waals surface area contributed by atoms with E-state index in [0.29, 0.717) is 5.82 Å². The Labute approximate surface area is 130 Å². The van der Waals surface area contributed by atoms with Crippen LogP contribution in [0.15, 0.2) is 30.5 Å². The van der Waals surface area contributed by atoms with Crippen LogP contribution in [0.3, 0.4) is 0 Å². The quantitative estimate of drug-likeness (QED) is 0.639. The highest BCUT2D eigenvalue weighted by Gasteiger charge is 2.17. The first-order chi connectivity index (χ1) is 10.9. The molecule has 0 unspecified atom stereocenters. The average molecular weight is 319 g/mol. The zero-order valence-corrected chi connectivity index (χ0v) is 12.1. The molecule has 0 atom stereocenters. The molecule has 0 radical (unpaired) electrons. The van der Waals surface area contributed by atoms with Crippen molar-refractivity contribution < 1.29 is 14.6 Å². The molecular formula is C13H13N5O5. The van der Waals surface area contributed by atoms with Gasteiger partial charge in [-0.25, -0.2) is 0 Å². The van der Waals surface area contributed by atoms with E-state index in [9.17, 15) is 25.0 Å². The molecule has 1 aromatic heterocycles. The molecule has 0 saturated heterocycles. The van der Waals surface area contributed by atoms with Crippen LogP contribution in [0.1, 0.15) is 12.2 Å². The van der Waals surface area contributed by atoms with Gasteiger partial charge in [-0.15, -0.1) is 0 Å². The van der Waals surface area contributed by atoms with Crippen molar-refractivity contribution in [2.24, 2.45) is 0 Å². The first kappa shape index (κ1) is 16.1. The number of carbonyl (C=O) groups is 1. The zero-order chi connectivity index (χ0) is 17.0. The van der Waals surface area contributed by atoms with Gasteiger partial charge in [0, 0.05) is 26.0 Å². The number of hydrogen-bond acceptors (Lipinski definition) is 6. The molecule has 0 aliphatic rings. The highest BCUT2D eigenvalue weighted by atomic mass is 16.6. The van der Waals surface area contributed by atoms with Crippen molar-refractivity contribution in [2.75, 3.05) is 5.32 Å². The molecule has 1 aromatic carbocycles. The number of aromatic nitrogens is 2. The molecule has 0 spiro atoms. The van der Waals surface area contributed by atoms with E-state index in [0.717, 1.165) is 0 Å². The van der Waals surface area contributed by atoms with Crippen molar-refractivity contribution in [2.45, 2.75) is 19.9 Å². The summed E-state index contributed by atoms with van der Waals surface area (Å²) in [5.74, 6) is -0.313. The van der Waals surface area contributed by atoms with E-state index in [-0.39, 0.29) is 30.2 Å². The molecule has 0 bridgehead atoms. The van der Waals surface area contributed by atoms with Crippen molar-refractivity contribution in [1.29, 1.82) is 0 Å². The predicted octanol–water partition coefficient (Wildman–Crippen LogP) is 2.04. The third-order valence-corrected chi connectivity index (χ3v) is 3.10. The molecule has 0 saturated carbocycles.